The number of Topliss-reactive ketones (excluding diaryl/α,β-unsaturated/α-hetero) is 1. The van der Waals surface area contributed by atoms with E-state index in [9.17, 15) is 4.79 Å². The average molecular weight is 295 g/mol. The molecule has 0 aliphatic heterocycles. The molecule has 0 atom stereocenters. The molecule has 0 saturated carbocycles. The zero-order valence-electron chi connectivity index (χ0n) is 12.5. The molecule has 0 radical (unpaired) electrons. The Balaban J connectivity index is 0.000000160. The lowest BCUT2D eigenvalue weighted by Gasteiger charge is -1.98. The molecule has 0 amide bonds. The number of nitrogens with two attached hydrogens (primary N) is 1. The van der Waals surface area contributed by atoms with Crippen LogP contribution in [-0.4, -0.2) is 22.9 Å². The minimum Gasteiger partial charge on any atom is -0.481 e. The van der Waals surface area contributed by atoms with Crippen molar-refractivity contribution >= 4 is 22.4 Å². The standard InChI is InChI=1S/C9H8N2.C8H9NO2/c10-8-5-1-3-7-4-2-6-11-9(7)8;1-6(10)7-4-3-5-8(9-7)11-2/h1-6H,10H2;3-5H,1-2H3. The molecule has 0 saturated heterocycles. The molecule has 0 aliphatic rings. The van der Waals surface area contributed by atoms with Gasteiger partial charge in [0.1, 0.15) is 5.69 Å². The second kappa shape index (κ2) is 7.17. The van der Waals surface area contributed by atoms with Gasteiger partial charge in [-0.2, -0.15) is 0 Å². The molecule has 0 spiro atoms. The maximum absolute atomic E-state index is 10.8. The van der Waals surface area contributed by atoms with Crippen molar-refractivity contribution in [2.24, 2.45) is 0 Å². The van der Waals surface area contributed by atoms with Crippen molar-refractivity contribution in [3.63, 3.8) is 0 Å². The van der Waals surface area contributed by atoms with Crippen molar-refractivity contribution in [1.82, 2.24) is 9.97 Å². The highest BCUT2D eigenvalue weighted by molar-refractivity contribution is 5.92. The van der Waals surface area contributed by atoms with Gasteiger partial charge in [-0.15, -0.1) is 0 Å². The number of benzene rings is 1. The number of ether oxygens (including phenoxy) is 1. The fraction of sp³-hybridized carbons (Fsp3) is 0.118. The van der Waals surface area contributed by atoms with E-state index in [0.29, 0.717) is 11.6 Å². The van der Waals surface area contributed by atoms with Gasteiger partial charge in [0.05, 0.1) is 18.3 Å². The molecule has 0 aliphatic carbocycles. The molecule has 2 N–H and O–H groups in total. The summed E-state index contributed by atoms with van der Waals surface area (Å²) in [6.07, 6.45) is 1.75. The van der Waals surface area contributed by atoms with Crippen molar-refractivity contribution in [3.05, 3.63) is 60.4 Å². The van der Waals surface area contributed by atoms with Crippen molar-refractivity contribution in [3.8, 4) is 5.88 Å². The Morgan fingerprint density at radius 1 is 1.09 bits per heavy atom. The minimum absolute atomic E-state index is 0.0519. The van der Waals surface area contributed by atoms with Crippen LogP contribution in [0.3, 0.4) is 0 Å². The summed E-state index contributed by atoms with van der Waals surface area (Å²) in [5.74, 6) is 0.418. The quantitative estimate of drug-likeness (QED) is 0.580. The predicted molar refractivity (Wildman–Crippen MR) is 86.9 cm³/mol. The molecule has 22 heavy (non-hydrogen) atoms. The lowest BCUT2D eigenvalue weighted by Crippen LogP contribution is -1.97. The third-order valence-corrected chi connectivity index (χ3v) is 2.96. The third-order valence-electron chi connectivity index (χ3n) is 2.96. The Morgan fingerprint density at radius 3 is 2.50 bits per heavy atom. The van der Waals surface area contributed by atoms with E-state index in [1.807, 2.05) is 30.3 Å². The molecule has 0 fully saturated rings. The summed E-state index contributed by atoms with van der Waals surface area (Å²) < 4.78 is 4.84. The van der Waals surface area contributed by atoms with Crippen LogP contribution in [0.15, 0.2) is 54.7 Å². The van der Waals surface area contributed by atoms with Gasteiger partial charge in [-0.1, -0.05) is 24.3 Å². The van der Waals surface area contributed by atoms with Crippen molar-refractivity contribution in [1.29, 1.82) is 0 Å². The Bertz CT molecular complexity index is 782. The SMILES string of the molecule is COc1cccc(C(C)=O)n1.Nc1cccc2cccnc12. The molecule has 5 heteroatoms. The van der Waals surface area contributed by atoms with Gasteiger partial charge in [0.25, 0.3) is 0 Å². The molecule has 0 unspecified atom stereocenters. The number of nitrogen functional groups attached to an aromatic ring is 1. The lowest BCUT2D eigenvalue weighted by molar-refractivity contribution is 0.101. The number of carbonyl (C=O) groups is 1. The van der Waals surface area contributed by atoms with Gasteiger partial charge < -0.3 is 10.5 Å². The number of pyridine rings is 2. The van der Waals surface area contributed by atoms with Crippen molar-refractivity contribution < 1.29 is 9.53 Å². The molecule has 0 bridgehead atoms. The van der Waals surface area contributed by atoms with Crippen LogP contribution in [0, 0.1) is 0 Å². The number of rotatable bonds is 2. The van der Waals surface area contributed by atoms with E-state index < -0.39 is 0 Å². The third kappa shape index (κ3) is 3.79. The topological polar surface area (TPSA) is 78.1 Å². The van der Waals surface area contributed by atoms with E-state index in [1.54, 1.807) is 24.4 Å². The van der Waals surface area contributed by atoms with Gasteiger partial charge in [0.15, 0.2) is 5.78 Å². The highest BCUT2D eigenvalue weighted by Crippen LogP contribution is 2.16. The smallest absolute Gasteiger partial charge is 0.213 e. The van der Waals surface area contributed by atoms with E-state index >= 15 is 0 Å². The Kier molecular flexibility index (Phi) is 5.03. The first-order valence-electron chi connectivity index (χ1n) is 6.73. The zero-order chi connectivity index (χ0) is 15.9. The highest BCUT2D eigenvalue weighted by atomic mass is 16.5. The summed E-state index contributed by atoms with van der Waals surface area (Å²) in [5, 5.41) is 1.09. The molecule has 2 heterocycles. The first-order valence-corrected chi connectivity index (χ1v) is 6.73. The zero-order valence-corrected chi connectivity index (χ0v) is 12.5. The monoisotopic (exact) mass is 295 g/mol. The summed E-state index contributed by atoms with van der Waals surface area (Å²) in [6, 6.07) is 14.8. The number of hydrogen-bond donors (Lipinski definition) is 1. The van der Waals surface area contributed by atoms with Gasteiger partial charge >= 0.3 is 0 Å². The normalized spacial score (nSPS) is 9.73. The number of aromatic nitrogens is 2. The molecule has 3 rings (SSSR count). The van der Waals surface area contributed by atoms with Gasteiger partial charge in [-0.3, -0.25) is 9.78 Å². The predicted octanol–water partition coefficient (Wildman–Crippen LogP) is 3.11. The molecular weight excluding hydrogens is 278 g/mol. The van der Waals surface area contributed by atoms with Gasteiger partial charge in [0, 0.05) is 24.6 Å². The van der Waals surface area contributed by atoms with Crippen molar-refractivity contribution in [2.45, 2.75) is 6.92 Å². The maximum atomic E-state index is 10.8. The summed E-state index contributed by atoms with van der Waals surface area (Å²) in [4.78, 5) is 18.9. The summed E-state index contributed by atoms with van der Waals surface area (Å²) >= 11 is 0. The number of para-hydroxylation sites is 1. The van der Waals surface area contributed by atoms with Crippen LogP contribution < -0.4 is 10.5 Å². The van der Waals surface area contributed by atoms with E-state index in [2.05, 4.69) is 9.97 Å². The summed E-state index contributed by atoms with van der Waals surface area (Å²) in [5.41, 5.74) is 7.75. The van der Waals surface area contributed by atoms with Gasteiger partial charge in [-0.05, 0) is 18.2 Å². The van der Waals surface area contributed by atoms with E-state index in [1.165, 1.54) is 14.0 Å². The van der Waals surface area contributed by atoms with Crippen LogP contribution >= 0.6 is 0 Å². The number of hydrogen-bond acceptors (Lipinski definition) is 5. The van der Waals surface area contributed by atoms with Crippen LogP contribution in [0.5, 0.6) is 5.88 Å². The number of ketones is 1. The average Bonchev–Trinajstić information content (AvgIpc) is 2.56. The number of methoxy groups -OCH3 is 1. The number of nitrogens with zero attached hydrogens (tertiary/aromatic N) is 2. The second-order valence-electron chi connectivity index (χ2n) is 4.54. The number of carbonyl (C=O) groups excluding carboxylic acids is 1. The minimum atomic E-state index is -0.0519. The lowest BCUT2D eigenvalue weighted by atomic mass is 10.2. The molecule has 1 aromatic carbocycles. The molecule has 2 aromatic heterocycles. The van der Waals surface area contributed by atoms with Crippen LogP contribution in [0.2, 0.25) is 0 Å². The summed E-state index contributed by atoms with van der Waals surface area (Å²) in [7, 11) is 1.52. The first-order chi connectivity index (χ1) is 10.6. The fourth-order valence-electron chi connectivity index (χ4n) is 1.85. The van der Waals surface area contributed by atoms with Gasteiger partial charge in [0.2, 0.25) is 5.88 Å². The fourth-order valence-corrected chi connectivity index (χ4v) is 1.85. The Morgan fingerprint density at radius 2 is 1.82 bits per heavy atom. The molecule has 5 nitrogen and oxygen atoms in total. The maximum Gasteiger partial charge on any atom is 0.213 e. The van der Waals surface area contributed by atoms with Crippen LogP contribution in [0.1, 0.15) is 17.4 Å². The molecular formula is C17H17N3O2. The Labute approximate surface area is 128 Å². The van der Waals surface area contributed by atoms with Crippen LogP contribution in [-0.2, 0) is 0 Å². The number of anilines is 1. The van der Waals surface area contributed by atoms with Crippen molar-refractivity contribution in [2.75, 3.05) is 12.8 Å². The van der Waals surface area contributed by atoms with E-state index in [-0.39, 0.29) is 5.78 Å². The van der Waals surface area contributed by atoms with E-state index in [0.717, 1.165) is 16.6 Å². The molecule has 112 valence electrons. The summed E-state index contributed by atoms with van der Waals surface area (Å²) in [6.45, 7) is 1.47. The second-order valence-corrected chi connectivity index (χ2v) is 4.54. The van der Waals surface area contributed by atoms with Crippen LogP contribution in [0.25, 0.3) is 10.9 Å². The van der Waals surface area contributed by atoms with Gasteiger partial charge in [-0.25, -0.2) is 4.98 Å². The number of fused-ring (bicyclic) bond motifs is 1. The molecule has 3 aromatic rings. The van der Waals surface area contributed by atoms with Crippen LogP contribution in [0.4, 0.5) is 5.69 Å². The Hall–Kier alpha value is -2.95. The highest BCUT2D eigenvalue weighted by Gasteiger charge is 2.00. The van der Waals surface area contributed by atoms with E-state index in [4.69, 9.17) is 10.5 Å². The first kappa shape index (κ1) is 15.4. The largest absolute Gasteiger partial charge is 0.481 e.